The number of amides is 2. The average molecular weight is 389 g/mol. The molecule has 0 saturated carbocycles. The number of rotatable bonds is 7. The summed E-state index contributed by atoms with van der Waals surface area (Å²) in [6.07, 6.45) is 0. The molecule has 2 aromatic rings. The van der Waals surface area contributed by atoms with Crippen LogP contribution in [0, 0.1) is 20.8 Å². The predicted octanol–water partition coefficient (Wildman–Crippen LogP) is 1.65. The first kappa shape index (κ1) is 20.6. The van der Waals surface area contributed by atoms with Crippen LogP contribution in [0.15, 0.2) is 47.4 Å². The second-order valence-electron chi connectivity index (χ2n) is 6.28. The number of anilines is 1. The standard InChI is InChI=1S/C19H23N3O4S/c1-13-4-7-16(8-5-13)27(25,26)21-12-18(23)20-11-19(24)22-17-9-6-14(2)10-15(17)3/h4-10,21H,11-12H2,1-3H3,(H,20,23)(H,22,24). The molecule has 0 aliphatic carbocycles. The first-order valence-electron chi connectivity index (χ1n) is 8.37. The lowest BCUT2D eigenvalue weighted by Gasteiger charge is -2.10. The van der Waals surface area contributed by atoms with E-state index in [2.05, 4.69) is 15.4 Å². The van der Waals surface area contributed by atoms with Crippen molar-refractivity contribution in [3.05, 3.63) is 59.2 Å². The molecule has 2 amide bonds. The Morgan fingerprint density at radius 2 is 1.48 bits per heavy atom. The molecule has 0 bridgehead atoms. The largest absolute Gasteiger partial charge is 0.346 e. The molecule has 0 unspecified atom stereocenters. The highest BCUT2D eigenvalue weighted by Crippen LogP contribution is 2.15. The summed E-state index contributed by atoms with van der Waals surface area (Å²) in [5.41, 5.74) is 3.60. The first-order chi connectivity index (χ1) is 12.7. The number of carbonyl (C=O) groups is 2. The minimum absolute atomic E-state index is 0.0773. The van der Waals surface area contributed by atoms with Gasteiger partial charge < -0.3 is 10.6 Å². The van der Waals surface area contributed by atoms with Crippen LogP contribution in [0.4, 0.5) is 5.69 Å². The minimum atomic E-state index is -3.78. The van der Waals surface area contributed by atoms with Crippen LogP contribution in [-0.2, 0) is 19.6 Å². The molecule has 8 heteroatoms. The molecule has 7 nitrogen and oxygen atoms in total. The Morgan fingerprint density at radius 3 is 2.11 bits per heavy atom. The van der Waals surface area contributed by atoms with Crippen LogP contribution in [0.25, 0.3) is 0 Å². The molecule has 0 heterocycles. The highest BCUT2D eigenvalue weighted by Gasteiger charge is 2.15. The zero-order valence-corrected chi connectivity index (χ0v) is 16.3. The van der Waals surface area contributed by atoms with E-state index in [-0.39, 0.29) is 11.4 Å². The van der Waals surface area contributed by atoms with Crippen LogP contribution < -0.4 is 15.4 Å². The monoisotopic (exact) mass is 389 g/mol. The van der Waals surface area contributed by atoms with Crippen LogP contribution in [0.3, 0.4) is 0 Å². The van der Waals surface area contributed by atoms with Gasteiger partial charge in [0.25, 0.3) is 0 Å². The molecule has 0 radical (unpaired) electrons. The Labute approximate surface area is 159 Å². The van der Waals surface area contributed by atoms with Crippen molar-refractivity contribution in [2.75, 3.05) is 18.4 Å². The van der Waals surface area contributed by atoms with E-state index in [0.717, 1.165) is 16.7 Å². The fourth-order valence-corrected chi connectivity index (χ4v) is 3.33. The van der Waals surface area contributed by atoms with Crippen molar-refractivity contribution >= 4 is 27.5 Å². The van der Waals surface area contributed by atoms with Gasteiger partial charge in [0.15, 0.2) is 0 Å². The van der Waals surface area contributed by atoms with Gasteiger partial charge in [-0.3, -0.25) is 9.59 Å². The lowest BCUT2D eigenvalue weighted by Crippen LogP contribution is -2.40. The number of nitrogens with one attached hydrogen (secondary N) is 3. The summed E-state index contributed by atoms with van der Waals surface area (Å²) in [4.78, 5) is 23.8. The third kappa shape index (κ3) is 6.19. The molecule has 0 aliphatic rings. The molecule has 0 fully saturated rings. The van der Waals surface area contributed by atoms with Crippen molar-refractivity contribution < 1.29 is 18.0 Å². The summed E-state index contributed by atoms with van der Waals surface area (Å²) in [5.74, 6) is -0.988. The zero-order chi connectivity index (χ0) is 20.0. The highest BCUT2D eigenvalue weighted by atomic mass is 32.2. The minimum Gasteiger partial charge on any atom is -0.346 e. The van der Waals surface area contributed by atoms with Gasteiger partial charge in [-0.2, -0.15) is 0 Å². The third-order valence-electron chi connectivity index (χ3n) is 3.86. The zero-order valence-electron chi connectivity index (χ0n) is 15.5. The Balaban J connectivity index is 1.81. The Bertz CT molecular complexity index is 938. The van der Waals surface area contributed by atoms with Gasteiger partial charge in [0, 0.05) is 5.69 Å². The van der Waals surface area contributed by atoms with E-state index in [0.29, 0.717) is 5.69 Å². The molecule has 0 saturated heterocycles. The molecule has 3 N–H and O–H groups in total. The fourth-order valence-electron chi connectivity index (χ4n) is 2.35. The molecule has 0 aromatic heterocycles. The number of benzene rings is 2. The van der Waals surface area contributed by atoms with Crippen LogP contribution in [0.1, 0.15) is 16.7 Å². The van der Waals surface area contributed by atoms with Gasteiger partial charge in [0.2, 0.25) is 21.8 Å². The normalized spacial score (nSPS) is 11.1. The van der Waals surface area contributed by atoms with Gasteiger partial charge in [0.05, 0.1) is 18.0 Å². The lowest BCUT2D eigenvalue weighted by atomic mass is 10.1. The van der Waals surface area contributed by atoms with Crippen molar-refractivity contribution in [2.24, 2.45) is 0 Å². The topological polar surface area (TPSA) is 104 Å². The molecular formula is C19H23N3O4S. The quantitative estimate of drug-likeness (QED) is 0.670. The van der Waals surface area contributed by atoms with Crippen molar-refractivity contribution in [1.82, 2.24) is 10.0 Å². The molecular weight excluding hydrogens is 366 g/mol. The maximum Gasteiger partial charge on any atom is 0.243 e. The van der Waals surface area contributed by atoms with Gasteiger partial charge in [0.1, 0.15) is 0 Å². The number of hydrogen-bond acceptors (Lipinski definition) is 4. The summed E-state index contributed by atoms with van der Waals surface area (Å²) in [5, 5.41) is 5.09. The van der Waals surface area contributed by atoms with E-state index in [4.69, 9.17) is 0 Å². The summed E-state index contributed by atoms with van der Waals surface area (Å²) in [6, 6.07) is 11.9. The van der Waals surface area contributed by atoms with Crippen LogP contribution in [-0.4, -0.2) is 33.3 Å². The molecule has 0 spiro atoms. The third-order valence-corrected chi connectivity index (χ3v) is 5.27. The van der Waals surface area contributed by atoms with Crippen LogP contribution in [0.2, 0.25) is 0 Å². The Hall–Kier alpha value is -2.71. The molecule has 0 aliphatic heterocycles. The Kier molecular flexibility index (Phi) is 6.70. The van der Waals surface area contributed by atoms with E-state index < -0.39 is 28.4 Å². The molecule has 144 valence electrons. The maximum absolute atomic E-state index is 12.1. The van der Waals surface area contributed by atoms with E-state index in [1.807, 2.05) is 32.9 Å². The average Bonchev–Trinajstić information content (AvgIpc) is 2.61. The van der Waals surface area contributed by atoms with Gasteiger partial charge in [-0.25, -0.2) is 13.1 Å². The number of carbonyl (C=O) groups excluding carboxylic acids is 2. The van der Waals surface area contributed by atoms with Crippen molar-refractivity contribution in [2.45, 2.75) is 25.7 Å². The molecule has 0 atom stereocenters. The highest BCUT2D eigenvalue weighted by molar-refractivity contribution is 7.89. The SMILES string of the molecule is Cc1ccc(S(=O)(=O)NCC(=O)NCC(=O)Nc2ccc(C)cc2C)cc1. The Morgan fingerprint density at radius 1 is 0.852 bits per heavy atom. The second kappa shape index (κ2) is 8.79. The van der Waals surface area contributed by atoms with E-state index in [1.54, 1.807) is 18.2 Å². The van der Waals surface area contributed by atoms with Crippen LogP contribution in [0.5, 0.6) is 0 Å². The van der Waals surface area contributed by atoms with E-state index in [1.165, 1.54) is 12.1 Å². The molecule has 27 heavy (non-hydrogen) atoms. The van der Waals surface area contributed by atoms with Gasteiger partial charge in [-0.1, -0.05) is 35.4 Å². The van der Waals surface area contributed by atoms with E-state index >= 15 is 0 Å². The fraction of sp³-hybridized carbons (Fsp3) is 0.263. The van der Waals surface area contributed by atoms with Crippen LogP contribution >= 0.6 is 0 Å². The number of hydrogen-bond donors (Lipinski definition) is 3. The summed E-state index contributed by atoms with van der Waals surface area (Å²) in [6.45, 7) is 4.98. The van der Waals surface area contributed by atoms with Crippen molar-refractivity contribution in [3.63, 3.8) is 0 Å². The molecule has 2 rings (SSSR count). The van der Waals surface area contributed by atoms with Crippen molar-refractivity contribution in [3.8, 4) is 0 Å². The van der Waals surface area contributed by atoms with E-state index in [9.17, 15) is 18.0 Å². The maximum atomic E-state index is 12.1. The summed E-state index contributed by atoms with van der Waals surface area (Å²) >= 11 is 0. The first-order valence-corrected chi connectivity index (χ1v) is 9.86. The predicted molar refractivity (Wildman–Crippen MR) is 104 cm³/mol. The second-order valence-corrected chi connectivity index (χ2v) is 8.05. The molecule has 2 aromatic carbocycles. The number of aryl methyl sites for hydroxylation is 3. The number of sulfonamides is 1. The van der Waals surface area contributed by atoms with Crippen molar-refractivity contribution in [1.29, 1.82) is 0 Å². The van der Waals surface area contributed by atoms with Gasteiger partial charge in [-0.05, 0) is 44.5 Å². The van der Waals surface area contributed by atoms with Gasteiger partial charge >= 0.3 is 0 Å². The summed E-state index contributed by atoms with van der Waals surface area (Å²) in [7, 11) is -3.78. The summed E-state index contributed by atoms with van der Waals surface area (Å²) < 4.78 is 26.5. The smallest absolute Gasteiger partial charge is 0.243 e. The van der Waals surface area contributed by atoms with Gasteiger partial charge in [-0.15, -0.1) is 0 Å². The lowest BCUT2D eigenvalue weighted by molar-refractivity contribution is -0.123.